The zero-order valence-corrected chi connectivity index (χ0v) is 18.7. The molecular weight excluding hydrogens is 458 g/mol. The van der Waals surface area contributed by atoms with E-state index in [9.17, 15) is 4.39 Å². The summed E-state index contributed by atoms with van der Waals surface area (Å²) in [6, 6.07) is 6.49. The normalized spacial score (nSPS) is 22.0. The summed E-state index contributed by atoms with van der Waals surface area (Å²) in [6.45, 7) is 6.45. The van der Waals surface area contributed by atoms with E-state index < -0.39 is 0 Å². The van der Waals surface area contributed by atoms with Crippen LogP contribution >= 0.6 is 24.0 Å². The van der Waals surface area contributed by atoms with Gasteiger partial charge in [0.05, 0.1) is 6.10 Å². The standard InChI is InChI=1S/C20H31FN4O.HI/c1-22-20(23-13-19(26-2)17-5-7-18(21)8-6-17)25-12-9-16(15-25)14-24-10-3-4-11-24;/h5-8,16,19H,3-4,9-15H2,1-2H3,(H,22,23);1H. The van der Waals surface area contributed by atoms with E-state index in [2.05, 4.69) is 20.1 Å². The number of methoxy groups -OCH3 is 1. The summed E-state index contributed by atoms with van der Waals surface area (Å²) in [5.74, 6) is 1.42. The molecule has 0 spiro atoms. The third-order valence-corrected chi connectivity index (χ3v) is 5.48. The molecule has 5 nitrogen and oxygen atoms in total. The van der Waals surface area contributed by atoms with Crippen molar-refractivity contribution in [1.82, 2.24) is 15.1 Å². The molecule has 7 heteroatoms. The summed E-state index contributed by atoms with van der Waals surface area (Å²) >= 11 is 0. The third-order valence-electron chi connectivity index (χ3n) is 5.48. The first-order valence-electron chi connectivity index (χ1n) is 9.66. The van der Waals surface area contributed by atoms with Crippen LogP contribution in [0.2, 0.25) is 0 Å². The third kappa shape index (κ3) is 6.29. The molecule has 3 rings (SSSR count). The molecule has 2 unspecified atom stereocenters. The molecule has 152 valence electrons. The second-order valence-corrected chi connectivity index (χ2v) is 7.31. The summed E-state index contributed by atoms with van der Waals surface area (Å²) in [7, 11) is 3.51. The molecule has 2 heterocycles. The van der Waals surface area contributed by atoms with E-state index in [1.165, 1.54) is 51.0 Å². The monoisotopic (exact) mass is 490 g/mol. The Morgan fingerprint density at radius 3 is 2.59 bits per heavy atom. The van der Waals surface area contributed by atoms with Gasteiger partial charge in [-0.05, 0) is 56.0 Å². The Balaban J connectivity index is 0.00000261. The lowest BCUT2D eigenvalue weighted by Gasteiger charge is -2.25. The van der Waals surface area contributed by atoms with Crippen LogP contribution in [0.5, 0.6) is 0 Å². The van der Waals surface area contributed by atoms with Crippen molar-refractivity contribution in [2.75, 3.05) is 53.4 Å². The summed E-state index contributed by atoms with van der Waals surface area (Å²) in [4.78, 5) is 9.40. The molecule has 1 aromatic rings. The Labute approximate surface area is 179 Å². The molecule has 0 amide bonds. The van der Waals surface area contributed by atoms with Crippen LogP contribution in [-0.4, -0.2) is 69.2 Å². The number of nitrogens with one attached hydrogen (secondary N) is 1. The van der Waals surface area contributed by atoms with Crippen molar-refractivity contribution in [3.8, 4) is 0 Å². The van der Waals surface area contributed by atoms with E-state index in [1.54, 1.807) is 19.2 Å². The highest BCUT2D eigenvalue weighted by molar-refractivity contribution is 14.0. The van der Waals surface area contributed by atoms with Gasteiger partial charge in [-0.3, -0.25) is 4.99 Å². The maximum atomic E-state index is 13.1. The van der Waals surface area contributed by atoms with Crippen molar-refractivity contribution >= 4 is 29.9 Å². The van der Waals surface area contributed by atoms with Crippen LogP contribution in [0.4, 0.5) is 4.39 Å². The molecule has 1 aromatic carbocycles. The summed E-state index contributed by atoms with van der Waals surface area (Å²) in [5, 5.41) is 3.43. The number of halogens is 2. The first-order chi connectivity index (χ1) is 12.7. The van der Waals surface area contributed by atoms with Crippen molar-refractivity contribution in [2.24, 2.45) is 10.9 Å². The van der Waals surface area contributed by atoms with Gasteiger partial charge < -0.3 is 19.9 Å². The molecule has 0 bridgehead atoms. The molecule has 2 aliphatic heterocycles. The minimum absolute atomic E-state index is 0. The lowest BCUT2D eigenvalue weighted by atomic mass is 10.1. The van der Waals surface area contributed by atoms with Crippen LogP contribution in [0, 0.1) is 11.7 Å². The Bertz CT molecular complexity index is 592. The molecule has 2 aliphatic rings. The topological polar surface area (TPSA) is 40.1 Å². The second-order valence-electron chi connectivity index (χ2n) is 7.31. The van der Waals surface area contributed by atoms with Crippen molar-refractivity contribution in [3.05, 3.63) is 35.6 Å². The fraction of sp³-hybridized carbons (Fsp3) is 0.650. The van der Waals surface area contributed by atoms with Crippen LogP contribution in [-0.2, 0) is 4.74 Å². The Morgan fingerprint density at radius 2 is 1.96 bits per heavy atom. The van der Waals surface area contributed by atoms with Crippen molar-refractivity contribution in [3.63, 3.8) is 0 Å². The van der Waals surface area contributed by atoms with Crippen molar-refractivity contribution in [2.45, 2.75) is 25.4 Å². The second kappa shape index (κ2) is 11.2. The average Bonchev–Trinajstić information content (AvgIpc) is 3.33. The van der Waals surface area contributed by atoms with Crippen LogP contribution in [0.1, 0.15) is 30.9 Å². The zero-order chi connectivity index (χ0) is 18.4. The molecule has 0 aromatic heterocycles. The summed E-state index contributed by atoms with van der Waals surface area (Å²) in [6.07, 6.45) is 3.79. The van der Waals surface area contributed by atoms with Crippen molar-refractivity contribution < 1.29 is 9.13 Å². The molecular formula is C20H32FIN4O. The number of aliphatic imine (C=N–C) groups is 1. The van der Waals surface area contributed by atoms with E-state index in [0.717, 1.165) is 30.5 Å². The van der Waals surface area contributed by atoms with Crippen LogP contribution in [0.25, 0.3) is 0 Å². The number of rotatable bonds is 6. The van der Waals surface area contributed by atoms with Gasteiger partial charge in [-0.25, -0.2) is 4.39 Å². The van der Waals surface area contributed by atoms with E-state index in [4.69, 9.17) is 4.74 Å². The molecule has 0 saturated carbocycles. The Hall–Kier alpha value is -0.930. The molecule has 2 fully saturated rings. The van der Waals surface area contributed by atoms with E-state index in [0.29, 0.717) is 6.54 Å². The van der Waals surface area contributed by atoms with Gasteiger partial charge in [0.1, 0.15) is 5.82 Å². The van der Waals surface area contributed by atoms with Gasteiger partial charge in [0.25, 0.3) is 0 Å². The van der Waals surface area contributed by atoms with Gasteiger partial charge >= 0.3 is 0 Å². The molecule has 0 radical (unpaired) electrons. The maximum Gasteiger partial charge on any atom is 0.193 e. The highest BCUT2D eigenvalue weighted by Gasteiger charge is 2.27. The number of benzene rings is 1. The fourth-order valence-corrected chi connectivity index (χ4v) is 4.04. The summed E-state index contributed by atoms with van der Waals surface area (Å²) < 4.78 is 18.7. The van der Waals surface area contributed by atoms with Gasteiger partial charge in [-0.15, -0.1) is 24.0 Å². The Kier molecular flexibility index (Phi) is 9.25. The van der Waals surface area contributed by atoms with Gasteiger partial charge in [0.15, 0.2) is 5.96 Å². The quantitative estimate of drug-likeness (QED) is 0.378. The number of nitrogens with zero attached hydrogens (tertiary/aromatic N) is 3. The number of hydrogen-bond donors (Lipinski definition) is 1. The highest BCUT2D eigenvalue weighted by atomic mass is 127. The van der Waals surface area contributed by atoms with Gasteiger partial charge in [-0.1, -0.05) is 12.1 Å². The predicted molar refractivity (Wildman–Crippen MR) is 118 cm³/mol. The van der Waals surface area contributed by atoms with Crippen LogP contribution in [0.3, 0.4) is 0 Å². The van der Waals surface area contributed by atoms with Gasteiger partial charge in [-0.2, -0.15) is 0 Å². The number of hydrogen-bond acceptors (Lipinski definition) is 3. The van der Waals surface area contributed by atoms with E-state index >= 15 is 0 Å². The van der Waals surface area contributed by atoms with Crippen LogP contribution in [0.15, 0.2) is 29.3 Å². The molecule has 2 atom stereocenters. The fourth-order valence-electron chi connectivity index (χ4n) is 4.04. The molecule has 0 aliphatic carbocycles. The minimum Gasteiger partial charge on any atom is -0.375 e. The van der Waals surface area contributed by atoms with Gasteiger partial charge in [0.2, 0.25) is 0 Å². The zero-order valence-electron chi connectivity index (χ0n) is 16.4. The van der Waals surface area contributed by atoms with E-state index in [-0.39, 0.29) is 35.9 Å². The lowest BCUT2D eigenvalue weighted by molar-refractivity contribution is 0.106. The van der Waals surface area contributed by atoms with Crippen LogP contribution < -0.4 is 5.32 Å². The summed E-state index contributed by atoms with van der Waals surface area (Å²) in [5.41, 5.74) is 0.963. The maximum absolute atomic E-state index is 13.1. The van der Waals surface area contributed by atoms with Gasteiger partial charge in [0, 0.05) is 40.3 Å². The molecule has 1 N–H and O–H groups in total. The lowest BCUT2D eigenvalue weighted by Crippen LogP contribution is -2.42. The molecule has 2 saturated heterocycles. The smallest absolute Gasteiger partial charge is 0.193 e. The predicted octanol–water partition coefficient (Wildman–Crippen LogP) is 3.12. The minimum atomic E-state index is -0.228. The first kappa shape index (κ1) is 22.4. The first-order valence-corrected chi connectivity index (χ1v) is 9.66. The van der Waals surface area contributed by atoms with Crippen molar-refractivity contribution in [1.29, 1.82) is 0 Å². The highest BCUT2D eigenvalue weighted by Crippen LogP contribution is 2.21. The average molecular weight is 490 g/mol. The number of guanidine groups is 1. The number of ether oxygens (including phenoxy) is 1. The number of likely N-dealkylation sites (tertiary alicyclic amines) is 2. The SMILES string of the molecule is CN=C(NCC(OC)c1ccc(F)cc1)N1CCC(CN2CCCC2)C1.I. The largest absolute Gasteiger partial charge is 0.375 e. The Morgan fingerprint density at radius 1 is 1.26 bits per heavy atom. The molecule has 27 heavy (non-hydrogen) atoms. The van der Waals surface area contributed by atoms with E-state index in [1.807, 2.05) is 7.05 Å².